The summed E-state index contributed by atoms with van der Waals surface area (Å²) < 4.78 is 4.87. The molecule has 0 aliphatic carbocycles. The van der Waals surface area contributed by atoms with E-state index in [1.54, 1.807) is 7.11 Å². The summed E-state index contributed by atoms with van der Waals surface area (Å²) in [7, 11) is 1.57. The maximum atomic E-state index is 11.6. The molecule has 1 saturated heterocycles. The molecular formula is C11H22N2O2. The van der Waals surface area contributed by atoms with E-state index in [9.17, 15) is 4.79 Å². The topological polar surface area (TPSA) is 41.6 Å². The lowest BCUT2D eigenvalue weighted by Gasteiger charge is -2.29. The number of ether oxygens (including phenoxy) is 1. The van der Waals surface area contributed by atoms with Crippen LogP contribution in [0.1, 0.15) is 19.8 Å². The molecular weight excluding hydrogens is 192 g/mol. The maximum absolute atomic E-state index is 11.6. The first-order valence-corrected chi connectivity index (χ1v) is 5.75. The zero-order valence-electron chi connectivity index (χ0n) is 9.79. The zero-order chi connectivity index (χ0) is 11.1. The van der Waals surface area contributed by atoms with Crippen LogP contribution in [-0.4, -0.2) is 50.7 Å². The summed E-state index contributed by atoms with van der Waals surface area (Å²) in [6.07, 6.45) is 2.35. The fourth-order valence-corrected chi connectivity index (χ4v) is 2.00. The van der Waals surface area contributed by atoms with Crippen molar-refractivity contribution in [3.05, 3.63) is 0 Å². The van der Waals surface area contributed by atoms with E-state index in [-0.39, 0.29) is 12.5 Å². The van der Waals surface area contributed by atoms with Crippen molar-refractivity contribution in [3.63, 3.8) is 0 Å². The standard InChI is InChI=1S/C11H22N2O2/c1-3-13(11(14)9-15-2)8-10-4-6-12-7-5-10/h10,12H,3-9H2,1-2H3. The fraction of sp³-hybridized carbons (Fsp3) is 0.909. The highest BCUT2D eigenvalue weighted by atomic mass is 16.5. The van der Waals surface area contributed by atoms with E-state index in [0.29, 0.717) is 5.92 Å². The van der Waals surface area contributed by atoms with Crippen LogP contribution in [0.4, 0.5) is 0 Å². The third-order valence-corrected chi connectivity index (χ3v) is 2.94. The summed E-state index contributed by atoms with van der Waals surface area (Å²) in [6, 6.07) is 0. The molecule has 1 fully saturated rings. The predicted octanol–water partition coefficient (Wildman–Crippen LogP) is 0.481. The molecule has 0 atom stereocenters. The van der Waals surface area contributed by atoms with E-state index < -0.39 is 0 Å². The van der Waals surface area contributed by atoms with Crippen molar-refractivity contribution < 1.29 is 9.53 Å². The lowest BCUT2D eigenvalue weighted by Crippen LogP contribution is -2.40. The summed E-state index contributed by atoms with van der Waals surface area (Å²) in [5, 5.41) is 3.33. The molecule has 4 nitrogen and oxygen atoms in total. The van der Waals surface area contributed by atoms with Gasteiger partial charge >= 0.3 is 0 Å². The van der Waals surface area contributed by atoms with E-state index in [2.05, 4.69) is 5.32 Å². The number of rotatable bonds is 5. The van der Waals surface area contributed by atoms with Crippen molar-refractivity contribution in [1.82, 2.24) is 10.2 Å². The van der Waals surface area contributed by atoms with Crippen LogP contribution in [0, 0.1) is 5.92 Å². The number of amides is 1. The second-order valence-electron chi connectivity index (χ2n) is 4.06. The molecule has 88 valence electrons. The van der Waals surface area contributed by atoms with Gasteiger partial charge in [-0.25, -0.2) is 0 Å². The van der Waals surface area contributed by atoms with Crippen molar-refractivity contribution in [2.75, 3.05) is 39.9 Å². The average Bonchev–Trinajstić information content (AvgIpc) is 2.27. The summed E-state index contributed by atoms with van der Waals surface area (Å²) in [5.41, 5.74) is 0. The van der Waals surface area contributed by atoms with Crippen molar-refractivity contribution in [2.24, 2.45) is 5.92 Å². The zero-order valence-corrected chi connectivity index (χ0v) is 9.79. The van der Waals surface area contributed by atoms with E-state index >= 15 is 0 Å². The molecule has 4 heteroatoms. The number of methoxy groups -OCH3 is 1. The molecule has 0 unspecified atom stereocenters. The molecule has 1 rings (SSSR count). The first-order valence-electron chi connectivity index (χ1n) is 5.75. The Morgan fingerprint density at radius 2 is 2.13 bits per heavy atom. The van der Waals surface area contributed by atoms with Gasteiger partial charge in [0.1, 0.15) is 6.61 Å². The molecule has 0 aromatic carbocycles. The van der Waals surface area contributed by atoms with Crippen molar-refractivity contribution in [1.29, 1.82) is 0 Å². The first kappa shape index (κ1) is 12.5. The van der Waals surface area contributed by atoms with Gasteiger partial charge in [-0.1, -0.05) is 0 Å². The van der Waals surface area contributed by atoms with Crippen LogP contribution in [0.25, 0.3) is 0 Å². The highest BCUT2D eigenvalue weighted by Crippen LogP contribution is 2.13. The quantitative estimate of drug-likeness (QED) is 0.724. The predicted molar refractivity (Wildman–Crippen MR) is 59.7 cm³/mol. The molecule has 0 spiro atoms. The molecule has 1 heterocycles. The van der Waals surface area contributed by atoms with Crippen molar-refractivity contribution in [2.45, 2.75) is 19.8 Å². The molecule has 0 bridgehead atoms. The Balaban J connectivity index is 2.34. The van der Waals surface area contributed by atoms with Gasteiger partial charge in [-0.15, -0.1) is 0 Å². The molecule has 0 aromatic rings. The molecule has 1 amide bonds. The number of likely N-dealkylation sites (N-methyl/N-ethyl adjacent to an activating group) is 1. The summed E-state index contributed by atoms with van der Waals surface area (Å²) in [5.74, 6) is 0.769. The van der Waals surface area contributed by atoms with Gasteiger partial charge in [-0.05, 0) is 38.8 Å². The van der Waals surface area contributed by atoms with Gasteiger partial charge in [0.25, 0.3) is 0 Å². The van der Waals surface area contributed by atoms with Gasteiger partial charge in [0, 0.05) is 20.2 Å². The minimum absolute atomic E-state index is 0.110. The normalized spacial score (nSPS) is 17.7. The Hall–Kier alpha value is -0.610. The number of nitrogens with one attached hydrogen (secondary N) is 1. The smallest absolute Gasteiger partial charge is 0.248 e. The number of hydrogen-bond donors (Lipinski definition) is 1. The van der Waals surface area contributed by atoms with Crippen LogP contribution < -0.4 is 5.32 Å². The van der Waals surface area contributed by atoms with E-state index in [1.165, 1.54) is 12.8 Å². The van der Waals surface area contributed by atoms with E-state index in [1.807, 2.05) is 11.8 Å². The highest BCUT2D eigenvalue weighted by Gasteiger charge is 2.19. The average molecular weight is 214 g/mol. The number of piperidine rings is 1. The largest absolute Gasteiger partial charge is 0.375 e. The lowest BCUT2D eigenvalue weighted by molar-refractivity contribution is -0.135. The van der Waals surface area contributed by atoms with Crippen LogP contribution in [0.3, 0.4) is 0 Å². The SMILES string of the molecule is CCN(CC1CCNCC1)C(=O)COC. The van der Waals surface area contributed by atoms with Crippen LogP contribution in [0.5, 0.6) is 0 Å². The van der Waals surface area contributed by atoms with Gasteiger partial charge < -0.3 is 15.0 Å². The van der Waals surface area contributed by atoms with Gasteiger partial charge in [0.05, 0.1) is 0 Å². The number of nitrogens with zero attached hydrogens (tertiary/aromatic N) is 1. The van der Waals surface area contributed by atoms with Gasteiger partial charge in [-0.3, -0.25) is 4.79 Å². The third-order valence-electron chi connectivity index (χ3n) is 2.94. The van der Waals surface area contributed by atoms with Gasteiger partial charge in [0.15, 0.2) is 0 Å². The number of carbonyl (C=O) groups excluding carboxylic acids is 1. The van der Waals surface area contributed by atoms with Gasteiger partial charge in [0.2, 0.25) is 5.91 Å². The number of hydrogen-bond acceptors (Lipinski definition) is 3. The summed E-state index contributed by atoms with van der Waals surface area (Å²) >= 11 is 0. The van der Waals surface area contributed by atoms with Crippen molar-refractivity contribution >= 4 is 5.91 Å². The molecule has 1 aliphatic heterocycles. The molecule has 1 aliphatic rings. The summed E-state index contributed by atoms with van der Waals surface area (Å²) in [4.78, 5) is 13.5. The Morgan fingerprint density at radius 1 is 1.47 bits per heavy atom. The highest BCUT2D eigenvalue weighted by molar-refractivity contribution is 5.77. The minimum Gasteiger partial charge on any atom is -0.375 e. The van der Waals surface area contributed by atoms with Crippen LogP contribution in [-0.2, 0) is 9.53 Å². The fourth-order valence-electron chi connectivity index (χ4n) is 2.00. The van der Waals surface area contributed by atoms with Crippen LogP contribution >= 0.6 is 0 Å². The second-order valence-corrected chi connectivity index (χ2v) is 4.06. The molecule has 1 N–H and O–H groups in total. The van der Waals surface area contributed by atoms with Crippen molar-refractivity contribution in [3.8, 4) is 0 Å². The molecule has 0 radical (unpaired) electrons. The Kier molecular flexibility index (Phi) is 5.65. The van der Waals surface area contributed by atoms with Crippen LogP contribution in [0.2, 0.25) is 0 Å². The van der Waals surface area contributed by atoms with Crippen LogP contribution in [0.15, 0.2) is 0 Å². The Bertz CT molecular complexity index is 191. The molecule has 15 heavy (non-hydrogen) atoms. The van der Waals surface area contributed by atoms with E-state index in [4.69, 9.17) is 4.74 Å². The lowest BCUT2D eigenvalue weighted by atomic mass is 9.97. The monoisotopic (exact) mass is 214 g/mol. The third kappa shape index (κ3) is 4.18. The Labute approximate surface area is 92.0 Å². The summed E-state index contributed by atoms with van der Waals surface area (Å²) in [6.45, 7) is 6.07. The Morgan fingerprint density at radius 3 is 2.67 bits per heavy atom. The first-order chi connectivity index (χ1) is 7.27. The minimum atomic E-state index is 0.110. The molecule has 0 saturated carbocycles. The van der Waals surface area contributed by atoms with Gasteiger partial charge in [-0.2, -0.15) is 0 Å². The maximum Gasteiger partial charge on any atom is 0.248 e. The molecule has 0 aromatic heterocycles. The second kappa shape index (κ2) is 6.80. The number of carbonyl (C=O) groups is 1. The van der Waals surface area contributed by atoms with E-state index in [0.717, 1.165) is 26.2 Å².